The first-order chi connectivity index (χ1) is 11.1. The number of amides is 1. The van der Waals surface area contributed by atoms with Crippen LogP contribution in [0.4, 0.5) is 5.69 Å². The monoisotopic (exact) mass is 309 g/mol. The molecular weight excluding hydrogens is 290 g/mol. The van der Waals surface area contributed by atoms with Gasteiger partial charge in [0.15, 0.2) is 6.10 Å². The Morgan fingerprint density at radius 3 is 2.83 bits per heavy atom. The summed E-state index contributed by atoms with van der Waals surface area (Å²) in [5, 5.41) is 0. The highest BCUT2D eigenvalue weighted by atomic mass is 16.5. The molecule has 0 bridgehead atoms. The van der Waals surface area contributed by atoms with Gasteiger partial charge in [-0.2, -0.15) is 0 Å². The zero-order chi connectivity index (χ0) is 16.4. The molecule has 0 aromatic heterocycles. The number of aldehydes is 1. The summed E-state index contributed by atoms with van der Waals surface area (Å²) >= 11 is 0. The van der Waals surface area contributed by atoms with Gasteiger partial charge in [-0.1, -0.05) is 30.3 Å². The molecule has 0 spiro atoms. The van der Waals surface area contributed by atoms with Crippen molar-refractivity contribution in [3.63, 3.8) is 0 Å². The maximum Gasteiger partial charge on any atom is 0.268 e. The second-order valence-electron chi connectivity index (χ2n) is 5.84. The third-order valence-electron chi connectivity index (χ3n) is 4.10. The van der Waals surface area contributed by atoms with E-state index in [0.717, 1.165) is 18.4 Å². The number of benzene rings is 2. The van der Waals surface area contributed by atoms with E-state index in [1.807, 2.05) is 30.0 Å². The highest BCUT2D eigenvalue weighted by Crippen LogP contribution is 2.32. The van der Waals surface area contributed by atoms with E-state index < -0.39 is 6.10 Å². The summed E-state index contributed by atoms with van der Waals surface area (Å²) in [6, 6.07) is 14.9. The highest BCUT2D eigenvalue weighted by molar-refractivity contribution is 5.99. The van der Waals surface area contributed by atoms with E-state index in [0.29, 0.717) is 11.3 Å². The summed E-state index contributed by atoms with van der Waals surface area (Å²) in [7, 11) is 0. The van der Waals surface area contributed by atoms with Crippen LogP contribution in [-0.2, 0) is 11.2 Å². The molecule has 0 saturated carbocycles. The number of hydrogen-bond donors (Lipinski definition) is 0. The third-order valence-corrected chi connectivity index (χ3v) is 4.10. The Kier molecular flexibility index (Phi) is 4.15. The molecule has 0 radical (unpaired) electrons. The van der Waals surface area contributed by atoms with Crippen molar-refractivity contribution in [1.82, 2.24) is 0 Å². The Morgan fingerprint density at radius 1 is 1.26 bits per heavy atom. The van der Waals surface area contributed by atoms with E-state index in [4.69, 9.17) is 4.74 Å². The van der Waals surface area contributed by atoms with Gasteiger partial charge in [-0.05, 0) is 44.0 Å². The number of carbonyl (C=O) groups is 2. The minimum absolute atomic E-state index is 0.0704. The molecule has 2 unspecified atom stereocenters. The maximum atomic E-state index is 12.8. The smallest absolute Gasteiger partial charge is 0.268 e. The molecule has 1 heterocycles. The molecule has 4 heteroatoms. The largest absolute Gasteiger partial charge is 0.481 e. The van der Waals surface area contributed by atoms with Crippen LogP contribution in [0.2, 0.25) is 0 Å². The minimum atomic E-state index is -0.620. The predicted molar refractivity (Wildman–Crippen MR) is 89.0 cm³/mol. The summed E-state index contributed by atoms with van der Waals surface area (Å²) in [6.45, 7) is 3.78. The molecule has 0 fully saturated rings. The highest BCUT2D eigenvalue weighted by Gasteiger charge is 2.33. The van der Waals surface area contributed by atoms with Crippen LogP contribution in [0.25, 0.3) is 0 Å². The Morgan fingerprint density at radius 2 is 2.04 bits per heavy atom. The Labute approximate surface area is 135 Å². The summed E-state index contributed by atoms with van der Waals surface area (Å²) in [5.74, 6) is 0.453. The molecular formula is C19H19NO3. The molecule has 2 atom stereocenters. The van der Waals surface area contributed by atoms with Crippen molar-refractivity contribution in [1.29, 1.82) is 0 Å². The van der Waals surface area contributed by atoms with Crippen LogP contribution < -0.4 is 9.64 Å². The molecule has 0 N–H and O–H groups in total. The van der Waals surface area contributed by atoms with Gasteiger partial charge in [0.25, 0.3) is 5.91 Å². The maximum absolute atomic E-state index is 12.8. The molecule has 2 aromatic carbocycles. The molecule has 0 saturated heterocycles. The number of anilines is 1. The molecule has 118 valence electrons. The summed E-state index contributed by atoms with van der Waals surface area (Å²) < 4.78 is 5.74. The fraction of sp³-hybridized carbons (Fsp3) is 0.263. The van der Waals surface area contributed by atoms with E-state index >= 15 is 0 Å². The first kappa shape index (κ1) is 15.3. The number of nitrogens with zero attached hydrogens (tertiary/aromatic N) is 1. The lowest BCUT2D eigenvalue weighted by Crippen LogP contribution is -2.43. The zero-order valence-corrected chi connectivity index (χ0v) is 13.2. The SMILES string of the molecule is CC(Oc1cccc(C=O)c1)C(=O)N1c2ccccc2CC1C. The number of carbonyl (C=O) groups excluding carboxylic acids is 2. The van der Waals surface area contributed by atoms with Crippen molar-refractivity contribution in [2.75, 3.05) is 4.90 Å². The van der Waals surface area contributed by atoms with Gasteiger partial charge in [0, 0.05) is 17.3 Å². The van der Waals surface area contributed by atoms with Crippen LogP contribution in [0, 0.1) is 0 Å². The van der Waals surface area contributed by atoms with Gasteiger partial charge in [0.05, 0.1) is 0 Å². The van der Waals surface area contributed by atoms with E-state index in [1.165, 1.54) is 5.56 Å². The van der Waals surface area contributed by atoms with Gasteiger partial charge >= 0.3 is 0 Å². The van der Waals surface area contributed by atoms with Crippen LogP contribution in [0.5, 0.6) is 5.75 Å². The predicted octanol–water partition coefficient (Wildman–Crippen LogP) is 3.24. The zero-order valence-electron chi connectivity index (χ0n) is 13.2. The molecule has 4 nitrogen and oxygen atoms in total. The fourth-order valence-corrected chi connectivity index (χ4v) is 3.01. The Bertz CT molecular complexity index is 741. The summed E-state index contributed by atoms with van der Waals surface area (Å²) in [4.78, 5) is 25.5. The van der Waals surface area contributed by atoms with Crippen LogP contribution in [0.1, 0.15) is 29.8 Å². The normalized spacial score (nSPS) is 17.5. The fourth-order valence-electron chi connectivity index (χ4n) is 3.01. The minimum Gasteiger partial charge on any atom is -0.481 e. The summed E-state index contributed by atoms with van der Waals surface area (Å²) in [6.07, 6.45) is 0.999. The van der Waals surface area contributed by atoms with Crippen molar-refractivity contribution >= 4 is 17.9 Å². The average molecular weight is 309 g/mol. The number of hydrogen-bond acceptors (Lipinski definition) is 3. The molecule has 23 heavy (non-hydrogen) atoms. The van der Waals surface area contributed by atoms with Crippen molar-refractivity contribution in [2.45, 2.75) is 32.4 Å². The van der Waals surface area contributed by atoms with Crippen LogP contribution >= 0.6 is 0 Å². The van der Waals surface area contributed by atoms with Crippen LogP contribution in [0.15, 0.2) is 48.5 Å². The van der Waals surface area contributed by atoms with Gasteiger partial charge < -0.3 is 9.64 Å². The van der Waals surface area contributed by atoms with Crippen LogP contribution in [0.3, 0.4) is 0 Å². The molecule has 1 aliphatic heterocycles. The van der Waals surface area contributed by atoms with Crippen molar-refractivity contribution in [2.24, 2.45) is 0 Å². The Balaban J connectivity index is 1.78. The number of para-hydroxylation sites is 1. The molecule has 0 aliphatic carbocycles. The molecule has 3 rings (SSSR count). The van der Waals surface area contributed by atoms with Gasteiger partial charge in [-0.15, -0.1) is 0 Å². The van der Waals surface area contributed by atoms with Crippen LogP contribution in [-0.4, -0.2) is 24.3 Å². The standard InChI is InChI=1S/C19H19NO3/c1-13-10-16-7-3-4-9-18(16)20(13)19(22)14(2)23-17-8-5-6-15(11-17)12-21/h3-9,11-14H,10H2,1-2H3. The first-order valence-corrected chi connectivity index (χ1v) is 7.73. The van der Waals surface area contributed by atoms with Crippen molar-refractivity contribution < 1.29 is 14.3 Å². The Hall–Kier alpha value is -2.62. The van der Waals surface area contributed by atoms with E-state index in [1.54, 1.807) is 31.2 Å². The van der Waals surface area contributed by atoms with E-state index in [9.17, 15) is 9.59 Å². The summed E-state index contributed by atoms with van der Waals surface area (Å²) in [5.41, 5.74) is 2.67. The van der Waals surface area contributed by atoms with E-state index in [-0.39, 0.29) is 11.9 Å². The number of ether oxygens (including phenoxy) is 1. The number of fused-ring (bicyclic) bond motifs is 1. The topological polar surface area (TPSA) is 46.6 Å². The van der Waals surface area contributed by atoms with Gasteiger partial charge in [0.1, 0.15) is 12.0 Å². The second kappa shape index (κ2) is 6.24. The lowest BCUT2D eigenvalue weighted by molar-refractivity contribution is -0.124. The quantitative estimate of drug-likeness (QED) is 0.815. The lowest BCUT2D eigenvalue weighted by Gasteiger charge is -2.26. The van der Waals surface area contributed by atoms with Crippen molar-refractivity contribution in [3.05, 3.63) is 59.7 Å². The van der Waals surface area contributed by atoms with Crippen molar-refractivity contribution in [3.8, 4) is 5.75 Å². The lowest BCUT2D eigenvalue weighted by atomic mass is 10.1. The molecule has 1 aliphatic rings. The molecule has 1 amide bonds. The molecule has 2 aromatic rings. The first-order valence-electron chi connectivity index (χ1n) is 7.73. The second-order valence-corrected chi connectivity index (χ2v) is 5.84. The van der Waals surface area contributed by atoms with E-state index in [2.05, 4.69) is 6.07 Å². The number of rotatable bonds is 4. The van der Waals surface area contributed by atoms with Gasteiger partial charge in [-0.25, -0.2) is 0 Å². The van der Waals surface area contributed by atoms with Gasteiger partial charge in [0.2, 0.25) is 0 Å². The average Bonchev–Trinajstić information content (AvgIpc) is 2.90. The van der Waals surface area contributed by atoms with Gasteiger partial charge in [-0.3, -0.25) is 9.59 Å². The third kappa shape index (κ3) is 2.97.